The van der Waals surface area contributed by atoms with Crippen LogP contribution in [0.25, 0.3) is 11.3 Å². The number of methoxy groups -OCH3 is 2. The molecule has 1 aromatic carbocycles. The van der Waals surface area contributed by atoms with Gasteiger partial charge in [-0.05, 0) is 12.1 Å². The molecule has 0 bridgehead atoms. The van der Waals surface area contributed by atoms with Crippen LogP contribution in [0.3, 0.4) is 0 Å². The summed E-state index contributed by atoms with van der Waals surface area (Å²) >= 11 is 1.60. The second kappa shape index (κ2) is 9.34. The Morgan fingerprint density at radius 1 is 1.18 bits per heavy atom. The Morgan fingerprint density at radius 2 is 1.89 bits per heavy atom. The second-order valence-electron chi connectivity index (χ2n) is 5.89. The largest absolute Gasteiger partial charge is 0.466 e. The summed E-state index contributed by atoms with van der Waals surface area (Å²) in [5.74, 6) is -1.31. The van der Waals surface area contributed by atoms with Gasteiger partial charge in [-0.15, -0.1) is 11.3 Å². The average Bonchev–Trinajstić information content (AvgIpc) is 3.24. The number of ether oxygens (including phenoxy) is 3. The molecule has 8 nitrogen and oxygen atoms in total. The minimum absolute atomic E-state index is 0.00892. The number of rotatable bonds is 6. The Balaban J connectivity index is 1.72. The fourth-order valence-electron chi connectivity index (χ4n) is 2.61. The summed E-state index contributed by atoms with van der Waals surface area (Å²) in [7, 11) is 2.48. The van der Waals surface area contributed by atoms with Gasteiger partial charge in [-0.3, -0.25) is 0 Å². The Hall–Kier alpha value is -2.91. The lowest BCUT2D eigenvalue weighted by Gasteiger charge is -2.26. The lowest BCUT2D eigenvalue weighted by atomic mass is 10.1. The summed E-state index contributed by atoms with van der Waals surface area (Å²) in [5.41, 5.74) is 2.47. The zero-order valence-electron chi connectivity index (χ0n) is 15.6. The molecule has 1 aromatic heterocycles. The molecule has 1 aliphatic heterocycles. The van der Waals surface area contributed by atoms with Crippen molar-refractivity contribution in [2.75, 3.05) is 50.7 Å². The van der Waals surface area contributed by atoms with Crippen LogP contribution < -0.4 is 10.2 Å². The van der Waals surface area contributed by atoms with E-state index in [0.717, 1.165) is 48.8 Å². The van der Waals surface area contributed by atoms with E-state index in [0.29, 0.717) is 5.69 Å². The molecule has 0 saturated carbocycles. The van der Waals surface area contributed by atoms with Crippen molar-refractivity contribution in [1.82, 2.24) is 4.98 Å². The first-order valence-corrected chi connectivity index (χ1v) is 9.52. The molecule has 148 valence electrons. The first kappa shape index (κ1) is 19.8. The zero-order valence-corrected chi connectivity index (χ0v) is 16.5. The van der Waals surface area contributed by atoms with Crippen molar-refractivity contribution in [2.45, 2.75) is 0 Å². The number of anilines is 2. The van der Waals surface area contributed by atoms with Crippen LogP contribution in [0, 0.1) is 0 Å². The number of morpholine rings is 1. The summed E-state index contributed by atoms with van der Waals surface area (Å²) in [6.07, 6.45) is 1.05. The van der Waals surface area contributed by atoms with E-state index < -0.39 is 11.9 Å². The minimum atomic E-state index is -0.663. The highest BCUT2D eigenvalue weighted by Gasteiger charge is 2.16. The summed E-state index contributed by atoms with van der Waals surface area (Å²) in [5, 5.41) is 5.88. The first-order chi connectivity index (χ1) is 13.6. The van der Waals surface area contributed by atoms with Crippen molar-refractivity contribution in [1.29, 1.82) is 0 Å². The molecule has 2 aromatic rings. The van der Waals surface area contributed by atoms with E-state index in [9.17, 15) is 9.59 Å². The third-order valence-electron chi connectivity index (χ3n) is 4.10. The van der Waals surface area contributed by atoms with Crippen molar-refractivity contribution in [3.63, 3.8) is 0 Å². The van der Waals surface area contributed by atoms with Crippen LogP contribution in [0.4, 0.5) is 10.8 Å². The van der Waals surface area contributed by atoms with Crippen molar-refractivity contribution >= 4 is 34.1 Å². The molecule has 0 spiro atoms. The number of carbonyl (C=O) groups excluding carboxylic acids is 2. The molecule has 28 heavy (non-hydrogen) atoms. The van der Waals surface area contributed by atoms with Crippen LogP contribution >= 0.6 is 11.3 Å². The van der Waals surface area contributed by atoms with Crippen LogP contribution in [-0.4, -0.2) is 57.4 Å². The van der Waals surface area contributed by atoms with Gasteiger partial charge in [0.15, 0.2) is 5.13 Å². The molecule has 1 saturated heterocycles. The molecule has 2 heterocycles. The SMILES string of the molecule is COC(=O)/C=C(/Nc1ccc(-c2csc(N3CCOCC3)n2)cc1)C(=O)OC. The standard InChI is InChI=1S/C19H21N3O5S/c1-25-17(23)11-15(18(24)26-2)20-14-5-3-13(4-6-14)16-12-28-19(21-16)22-7-9-27-10-8-22/h3-6,11-12,20H,7-10H2,1-2H3/b15-11+. The maximum absolute atomic E-state index is 11.8. The lowest BCUT2D eigenvalue weighted by molar-refractivity contribution is -0.138. The Labute approximate surface area is 166 Å². The number of hydrogen-bond donors (Lipinski definition) is 1. The van der Waals surface area contributed by atoms with Gasteiger partial charge in [-0.2, -0.15) is 0 Å². The predicted octanol–water partition coefficient (Wildman–Crippen LogP) is 2.29. The molecule has 1 fully saturated rings. The molecule has 0 radical (unpaired) electrons. The normalized spacial score (nSPS) is 14.5. The van der Waals surface area contributed by atoms with E-state index in [1.54, 1.807) is 23.5 Å². The van der Waals surface area contributed by atoms with Gasteiger partial charge in [-0.1, -0.05) is 12.1 Å². The van der Waals surface area contributed by atoms with Crippen LogP contribution in [-0.2, 0) is 23.8 Å². The summed E-state index contributed by atoms with van der Waals surface area (Å²) in [6, 6.07) is 7.40. The fourth-order valence-corrected chi connectivity index (χ4v) is 3.50. The summed E-state index contributed by atoms with van der Waals surface area (Å²) < 4.78 is 14.6. The number of benzene rings is 1. The van der Waals surface area contributed by atoms with Gasteiger partial charge in [0.25, 0.3) is 0 Å². The highest BCUT2D eigenvalue weighted by atomic mass is 32.1. The van der Waals surface area contributed by atoms with Crippen molar-refractivity contribution in [3.8, 4) is 11.3 Å². The molecule has 3 rings (SSSR count). The number of thiazole rings is 1. The zero-order chi connectivity index (χ0) is 19.9. The molecule has 9 heteroatoms. The highest BCUT2D eigenvalue weighted by Crippen LogP contribution is 2.28. The van der Waals surface area contributed by atoms with E-state index in [2.05, 4.69) is 19.7 Å². The molecule has 0 atom stereocenters. The quantitative estimate of drug-likeness (QED) is 0.580. The number of nitrogens with one attached hydrogen (secondary N) is 1. The van der Waals surface area contributed by atoms with Crippen LogP contribution in [0.1, 0.15) is 0 Å². The first-order valence-electron chi connectivity index (χ1n) is 8.64. The van der Waals surface area contributed by atoms with Gasteiger partial charge in [0.1, 0.15) is 5.70 Å². The fraction of sp³-hybridized carbons (Fsp3) is 0.316. The number of carbonyl (C=O) groups is 2. The maximum Gasteiger partial charge on any atom is 0.354 e. The van der Waals surface area contributed by atoms with E-state index >= 15 is 0 Å². The van der Waals surface area contributed by atoms with Gasteiger partial charge in [0, 0.05) is 29.7 Å². The number of nitrogens with zero attached hydrogens (tertiary/aromatic N) is 2. The van der Waals surface area contributed by atoms with Crippen LogP contribution in [0.2, 0.25) is 0 Å². The Bertz CT molecular complexity index is 857. The van der Waals surface area contributed by atoms with E-state index in [-0.39, 0.29) is 5.70 Å². The minimum Gasteiger partial charge on any atom is -0.466 e. The van der Waals surface area contributed by atoms with Gasteiger partial charge < -0.3 is 24.4 Å². The third-order valence-corrected chi connectivity index (χ3v) is 5.00. The lowest BCUT2D eigenvalue weighted by Crippen LogP contribution is -2.36. The Kier molecular flexibility index (Phi) is 6.62. The van der Waals surface area contributed by atoms with E-state index in [1.807, 2.05) is 17.5 Å². The van der Waals surface area contributed by atoms with Crippen LogP contribution in [0.15, 0.2) is 41.4 Å². The van der Waals surface area contributed by atoms with Crippen molar-refractivity contribution in [2.24, 2.45) is 0 Å². The molecular weight excluding hydrogens is 382 g/mol. The van der Waals surface area contributed by atoms with Crippen molar-refractivity contribution < 1.29 is 23.8 Å². The second-order valence-corrected chi connectivity index (χ2v) is 6.73. The van der Waals surface area contributed by atoms with Gasteiger partial charge in [0.2, 0.25) is 0 Å². The molecule has 1 aliphatic rings. The molecule has 0 aliphatic carbocycles. The molecule has 1 N–H and O–H groups in total. The van der Waals surface area contributed by atoms with Gasteiger partial charge in [0.05, 0.1) is 39.2 Å². The maximum atomic E-state index is 11.8. The topological polar surface area (TPSA) is 90.0 Å². The van der Waals surface area contributed by atoms with Crippen molar-refractivity contribution in [3.05, 3.63) is 41.4 Å². The summed E-state index contributed by atoms with van der Waals surface area (Å²) in [6.45, 7) is 3.13. The smallest absolute Gasteiger partial charge is 0.354 e. The number of aromatic nitrogens is 1. The number of esters is 2. The van der Waals surface area contributed by atoms with Gasteiger partial charge in [-0.25, -0.2) is 14.6 Å². The van der Waals surface area contributed by atoms with E-state index in [1.165, 1.54) is 14.2 Å². The van der Waals surface area contributed by atoms with Crippen LogP contribution in [0.5, 0.6) is 0 Å². The average molecular weight is 403 g/mol. The predicted molar refractivity (Wildman–Crippen MR) is 106 cm³/mol. The third kappa shape index (κ3) is 4.87. The summed E-state index contributed by atoms with van der Waals surface area (Å²) in [4.78, 5) is 30.2. The van der Waals surface area contributed by atoms with E-state index in [4.69, 9.17) is 9.72 Å². The monoisotopic (exact) mass is 403 g/mol. The molecular formula is C19H21N3O5S. The Morgan fingerprint density at radius 3 is 2.54 bits per heavy atom. The molecule has 0 amide bonds. The van der Waals surface area contributed by atoms with Gasteiger partial charge >= 0.3 is 11.9 Å². The molecule has 0 unspecified atom stereocenters. The highest BCUT2D eigenvalue weighted by molar-refractivity contribution is 7.14. The number of hydrogen-bond acceptors (Lipinski definition) is 9.